The number of morpholine rings is 1. The number of fused-ring (bicyclic) bond motifs is 3. The average molecular weight is 491 g/mol. The predicted octanol–water partition coefficient (Wildman–Crippen LogP) is 4.97. The van der Waals surface area contributed by atoms with Crippen molar-refractivity contribution in [1.82, 2.24) is 15.1 Å². The number of rotatable bonds is 5. The summed E-state index contributed by atoms with van der Waals surface area (Å²) in [5.41, 5.74) is 7.40. The normalized spacial score (nSPS) is 23.4. The SMILES string of the molecule is CN1C(=O)C2(CC2c2ccc3c(/C=C/c4ccc(CN5CCOCC5)cc4)n[nH]c3c2)c2ccccc21. The molecule has 3 aromatic carbocycles. The Morgan fingerprint density at radius 1 is 1.05 bits per heavy atom. The third kappa shape index (κ3) is 3.71. The Bertz CT molecular complexity index is 1520. The molecule has 2 atom stereocenters. The molecule has 3 aliphatic rings. The fourth-order valence-electron chi connectivity index (χ4n) is 6.20. The minimum Gasteiger partial charge on any atom is -0.379 e. The summed E-state index contributed by atoms with van der Waals surface area (Å²) in [5, 5.41) is 8.87. The van der Waals surface area contributed by atoms with Crippen LogP contribution in [0.25, 0.3) is 23.1 Å². The van der Waals surface area contributed by atoms with Crippen molar-refractivity contribution in [3.05, 3.63) is 94.7 Å². The van der Waals surface area contributed by atoms with Gasteiger partial charge in [-0.1, -0.05) is 60.7 Å². The molecule has 6 nitrogen and oxygen atoms in total. The number of aromatic nitrogens is 2. The van der Waals surface area contributed by atoms with E-state index in [-0.39, 0.29) is 11.8 Å². The smallest absolute Gasteiger partial charge is 0.238 e. The fraction of sp³-hybridized carbons (Fsp3) is 0.290. The molecule has 186 valence electrons. The van der Waals surface area contributed by atoms with E-state index in [9.17, 15) is 4.79 Å². The van der Waals surface area contributed by atoms with E-state index >= 15 is 0 Å². The topological polar surface area (TPSA) is 61.5 Å². The first-order valence-corrected chi connectivity index (χ1v) is 13.1. The van der Waals surface area contributed by atoms with E-state index in [1.807, 2.05) is 30.1 Å². The van der Waals surface area contributed by atoms with Crippen LogP contribution in [0.5, 0.6) is 0 Å². The number of H-pyrrole nitrogens is 1. The quantitative estimate of drug-likeness (QED) is 0.429. The van der Waals surface area contributed by atoms with Crippen molar-refractivity contribution >= 4 is 34.6 Å². The van der Waals surface area contributed by atoms with E-state index in [1.165, 1.54) is 11.1 Å². The number of amides is 1. The Morgan fingerprint density at radius 2 is 1.86 bits per heavy atom. The molecule has 3 heterocycles. The number of carbonyl (C=O) groups excluding carboxylic acids is 1. The highest BCUT2D eigenvalue weighted by molar-refractivity contribution is 6.11. The van der Waals surface area contributed by atoms with Gasteiger partial charge in [-0.2, -0.15) is 5.10 Å². The van der Waals surface area contributed by atoms with Crippen LogP contribution in [0.15, 0.2) is 66.7 Å². The molecule has 2 fully saturated rings. The molecule has 1 saturated heterocycles. The number of para-hydroxylation sites is 1. The minimum atomic E-state index is -0.407. The fourth-order valence-corrected chi connectivity index (χ4v) is 6.20. The Balaban J connectivity index is 1.08. The van der Waals surface area contributed by atoms with Crippen molar-refractivity contribution in [3.63, 3.8) is 0 Å². The molecule has 37 heavy (non-hydrogen) atoms. The van der Waals surface area contributed by atoms with Gasteiger partial charge in [0.1, 0.15) is 0 Å². The molecule has 1 N–H and O–H groups in total. The van der Waals surface area contributed by atoms with Crippen LogP contribution < -0.4 is 4.90 Å². The summed E-state index contributed by atoms with van der Waals surface area (Å²) in [7, 11) is 1.89. The van der Waals surface area contributed by atoms with Crippen molar-refractivity contribution in [2.75, 3.05) is 38.3 Å². The number of aromatic amines is 1. The van der Waals surface area contributed by atoms with Gasteiger partial charge in [-0.05, 0) is 46.9 Å². The predicted molar refractivity (Wildman–Crippen MR) is 146 cm³/mol. The van der Waals surface area contributed by atoms with E-state index in [2.05, 4.69) is 75.8 Å². The number of nitrogens with zero attached hydrogens (tertiary/aromatic N) is 3. The highest BCUT2D eigenvalue weighted by atomic mass is 16.5. The number of carbonyl (C=O) groups is 1. The maximum absolute atomic E-state index is 13.2. The number of likely N-dealkylation sites (N-methyl/N-ethyl adjacent to an activating group) is 1. The molecule has 1 amide bonds. The van der Waals surface area contributed by atoms with Crippen LogP contribution in [0.3, 0.4) is 0 Å². The average Bonchev–Trinajstić information content (AvgIpc) is 3.52. The highest BCUT2D eigenvalue weighted by Crippen LogP contribution is 2.66. The van der Waals surface area contributed by atoms with Crippen LogP contribution in [0.4, 0.5) is 5.69 Å². The molecule has 6 heteroatoms. The second kappa shape index (κ2) is 8.68. The van der Waals surface area contributed by atoms with Gasteiger partial charge in [0.2, 0.25) is 5.91 Å². The van der Waals surface area contributed by atoms with Gasteiger partial charge in [0.15, 0.2) is 0 Å². The van der Waals surface area contributed by atoms with Gasteiger partial charge in [0.25, 0.3) is 0 Å². The number of anilines is 1. The lowest BCUT2D eigenvalue weighted by Crippen LogP contribution is -2.35. The number of hydrogen-bond donors (Lipinski definition) is 1. The zero-order valence-corrected chi connectivity index (χ0v) is 21.0. The lowest BCUT2D eigenvalue weighted by Gasteiger charge is -2.26. The summed E-state index contributed by atoms with van der Waals surface area (Å²) in [4.78, 5) is 17.5. The van der Waals surface area contributed by atoms with Crippen LogP contribution in [0, 0.1) is 0 Å². The minimum absolute atomic E-state index is 0.203. The lowest BCUT2D eigenvalue weighted by molar-refractivity contribution is -0.120. The summed E-state index contributed by atoms with van der Waals surface area (Å²) in [6.07, 6.45) is 5.04. The number of nitrogens with one attached hydrogen (secondary N) is 1. The van der Waals surface area contributed by atoms with E-state index in [0.717, 1.165) is 72.7 Å². The van der Waals surface area contributed by atoms with Gasteiger partial charge in [0.05, 0.1) is 29.8 Å². The van der Waals surface area contributed by atoms with Gasteiger partial charge in [-0.25, -0.2) is 0 Å². The molecule has 7 rings (SSSR count). The van der Waals surface area contributed by atoms with Gasteiger partial charge in [-0.15, -0.1) is 0 Å². The van der Waals surface area contributed by atoms with Crippen molar-refractivity contribution < 1.29 is 9.53 Å². The van der Waals surface area contributed by atoms with E-state index in [4.69, 9.17) is 4.74 Å². The van der Waals surface area contributed by atoms with Crippen LogP contribution in [-0.4, -0.2) is 54.4 Å². The summed E-state index contributed by atoms with van der Waals surface area (Å²) >= 11 is 0. The molecule has 1 saturated carbocycles. The summed E-state index contributed by atoms with van der Waals surface area (Å²) in [6, 6.07) is 23.4. The summed E-state index contributed by atoms with van der Waals surface area (Å²) < 4.78 is 5.44. The molecule has 0 bridgehead atoms. The molecule has 2 aliphatic heterocycles. The first kappa shape index (κ1) is 22.5. The standard InChI is InChI=1S/C31H30N4O2/c1-34-29-5-3-2-4-25(29)31(30(34)36)19-26(31)23-11-12-24-27(32-33-28(24)18-23)13-10-21-6-8-22(9-7-21)20-35-14-16-37-17-15-35/h2-13,18,26H,14-17,19-20H2,1H3,(H,32,33)/b13-10+. The molecule has 1 aliphatic carbocycles. The van der Waals surface area contributed by atoms with Crippen molar-refractivity contribution in [1.29, 1.82) is 0 Å². The van der Waals surface area contributed by atoms with Crippen LogP contribution in [0.2, 0.25) is 0 Å². The Hall–Kier alpha value is -3.74. The maximum Gasteiger partial charge on any atom is 0.238 e. The van der Waals surface area contributed by atoms with Gasteiger partial charge in [-0.3, -0.25) is 14.8 Å². The van der Waals surface area contributed by atoms with E-state index in [1.54, 1.807) is 0 Å². The second-order valence-electron chi connectivity index (χ2n) is 10.5. The van der Waals surface area contributed by atoms with E-state index < -0.39 is 5.41 Å². The number of hydrogen-bond acceptors (Lipinski definition) is 4. The second-order valence-corrected chi connectivity index (χ2v) is 10.5. The van der Waals surface area contributed by atoms with Gasteiger partial charge in [0, 0.05) is 43.7 Å². The molecular formula is C31H30N4O2. The monoisotopic (exact) mass is 490 g/mol. The third-order valence-electron chi connectivity index (χ3n) is 8.34. The number of benzene rings is 3. The molecule has 1 aromatic heterocycles. The van der Waals surface area contributed by atoms with Crippen molar-refractivity contribution in [2.45, 2.75) is 24.3 Å². The Morgan fingerprint density at radius 3 is 2.70 bits per heavy atom. The largest absolute Gasteiger partial charge is 0.379 e. The summed E-state index contributed by atoms with van der Waals surface area (Å²) in [5.74, 6) is 0.414. The first-order chi connectivity index (χ1) is 18.1. The Labute approximate surface area is 216 Å². The van der Waals surface area contributed by atoms with Crippen molar-refractivity contribution in [3.8, 4) is 0 Å². The molecule has 1 spiro atoms. The first-order valence-electron chi connectivity index (χ1n) is 13.1. The van der Waals surface area contributed by atoms with Gasteiger partial charge >= 0.3 is 0 Å². The highest BCUT2D eigenvalue weighted by Gasteiger charge is 2.66. The lowest BCUT2D eigenvalue weighted by atomic mass is 9.92. The van der Waals surface area contributed by atoms with Crippen LogP contribution in [-0.2, 0) is 21.5 Å². The van der Waals surface area contributed by atoms with E-state index in [0.29, 0.717) is 0 Å². The van der Waals surface area contributed by atoms with Crippen LogP contribution in [0.1, 0.15) is 40.3 Å². The van der Waals surface area contributed by atoms with Crippen LogP contribution >= 0.6 is 0 Å². The van der Waals surface area contributed by atoms with Gasteiger partial charge < -0.3 is 9.64 Å². The summed E-state index contributed by atoms with van der Waals surface area (Å²) in [6.45, 7) is 4.61. The third-order valence-corrected chi connectivity index (χ3v) is 8.34. The Kier molecular flexibility index (Phi) is 5.27. The molecule has 2 unspecified atom stereocenters. The van der Waals surface area contributed by atoms with Crippen molar-refractivity contribution in [2.24, 2.45) is 0 Å². The number of ether oxygens (including phenoxy) is 1. The molecular weight excluding hydrogens is 460 g/mol. The zero-order chi connectivity index (χ0) is 25.0. The zero-order valence-electron chi connectivity index (χ0n) is 21.0. The molecule has 0 radical (unpaired) electrons. The maximum atomic E-state index is 13.2. The molecule has 4 aromatic rings.